The number of aromatic nitrogens is 1. The standard InChI is InChI=1S/C13H17N3O2S/c1-16(2)8-7-11-4-3-10-9-12(19(14,17)18)5-6-13(10)15-11/h3-6,9H,7-8H2,1-2H3,(H2,14,17,18). The van der Waals surface area contributed by atoms with E-state index in [0.717, 1.165) is 29.6 Å². The van der Waals surface area contributed by atoms with Gasteiger partial charge < -0.3 is 4.90 Å². The van der Waals surface area contributed by atoms with E-state index in [1.165, 1.54) is 6.07 Å². The molecule has 2 rings (SSSR count). The number of hydrogen-bond acceptors (Lipinski definition) is 4. The Labute approximate surface area is 113 Å². The van der Waals surface area contributed by atoms with Crippen LogP contribution >= 0.6 is 0 Å². The van der Waals surface area contributed by atoms with Crippen molar-refractivity contribution >= 4 is 20.9 Å². The topological polar surface area (TPSA) is 76.3 Å². The van der Waals surface area contributed by atoms with Crippen LogP contribution in [-0.2, 0) is 16.4 Å². The predicted octanol–water partition coefficient (Wildman–Crippen LogP) is 0.986. The van der Waals surface area contributed by atoms with E-state index in [1.54, 1.807) is 12.1 Å². The summed E-state index contributed by atoms with van der Waals surface area (Å²) in [6.07, 6.45) is 0.861. The van der Waals surface area contributed by atoms with Crippen molar-refractivity contribution in [2.24, 2.45) is 5.14 Å². The minimum Gasteiger partial charge on any atom is -0.309 e. The van der Waals surface area contributed by atoms with E-state index in [0.29, 0.717) is 0 Å². The monoisotopic (exact) mass is 279 g/mol. The average Bonchev–Trinajstić information content (AvgIpc) is 2.34. The first-order chi connectivity index (χ1) is 8.86. The van der Waals surface area contributed by atoms with E-state index < -0.39 is 10.0 Å². The molecule has 0 spiro atoms. The molecule has 102 valence electrons. The average molecular weight is 279 g/mol. The molecular weight excluding hydrogens is 262 g/mol. The first-order valence-corrected chi connectivity index (χ1v) is 7.48. The molecule has 0 fully saturated rings. The highest BCUT2D eigenvalue weighted by Gasteiger charge is 2.08. The Morgan fingerprint density at radius 3 is 2.58 bits per heavy atom. The Hall–Kier alpha value is -1.50. The quantitative estimate of drug-likeness (QED) is 0.905. The molecule has 0 aliphatic carbocycles. The zero-order valence-electron chi connectivity index (χ0n) is 11.0. The van der Waals surface area contributed by atoms with Crippen molar-refractivity contribution in [2.45, 2.75) is 11.3 Å². The molecule has 0 saturated carbocycles. The molecule has 19 heavy (non-hydrogen) atoms. The minimum absolute atomic E-state index is 0.114. The molecule has 1 aromatic carbocycles. The SMILES string of the molecule is CN(C)CCc1ccc2cc(S(N)(=O)=O)ccc2n1. The number of rotatable bonds is 4. The van der Waals surface area contributed by atoms with Crippen LogP contribution in [0.2, 0.25) is 0 Å². The summed E-state index contributed by atoms with van der Waals surface area (Å²) in [5.41, 5.74) is 1.77. The molecular formula is C13H17N3O2S. The summed E-state index contributed by atoms with van der Waals surface area (Å²) in [5.74, 6) is 0. The fourth-order valence-electron chi connectivity index (χ4n) is 1.80. The Kier molecular flexibility index (Phi) is 3.84. The molecule has 0 radical (unpaired) electrons. The molecule has 0 bridgehead atoms. The van der Waals surface area contributed by atoms with Crippen LogP contribution in [-0.4, -0.2) is 38.9 Å². The second kappa shape index (κ2) is 5.24. The van der Waals surface area contributed by atoms with Gasteiger partial charge in [-0.15, -0.1) is 0 Å². The zero-order chi connectivity index (χ0) is 14.0. The van der Waals surface area contributed by atoms with Crippen molar-refractivity contribution in [1.82, 2.24) is 9.88 Å². The van der Waals surface area contributed by atoms with Crippen LogP contribution in [0.3, 0.4) is 0 Å². The van der Waals surface area contributed by atoms with Crippen molar-refractivity contribution in [2.75, 3.05) is 20.6 Å². The Morgan fingerprint density at radius 1 is 1.21 bits per heavy atom. The lowest BCUT2D eigenvalue weighted by molar-refractivity contribution is 0.412. The lowest BCUT2D eigenvalue weighted by Crippen LogP contribution is -2.15. The number of primary sulfonamides is 1. The number of hydrogen-bond donors (Lipinski definition) is 1. The van der Waals surface area contributed by atoms with Gasteiger partial charge in [-0.25, -0.2) is 13.6 Å². The van der Waals surface area contributed by atoms with Crippen LogP contribution in [0.5, 0.6) is 0 Å². The Balaban J connectivity index is 2.35. The minimum atomic E-state index is -3.66. The van der Waals surface area contributed by atoms with Crippen LogP contribution in [0.15, 0.2) is 35.2 Å². The third kappa shape index (κ3) is 3.50. The number of benzene rings is 1. The summed E-state index contributed by atoms with van der Waals surface area (Å²) >= 11 is 0. The normalized spacial score (nSPS) is 12.2. The first kappa shape index (κ1) is 13.9. The van der Waals surface area contributed by atoms with Gasteiger partial charge in [0, 0.05) is 24.0 Å². The summed E-state index contributed by atoms with van der Waals surface area (Å²) in [6.45, 7) is 0.924. The lowest BCUT2D eigenvalue weighted by Gasteiger charge is -2.09. The molecule has 2 aromatic rings. The summed E-state index contributed by atoms with van der Waals surface area (Å²) in [6, 6.07) is 8.52. The van der Waals surface area contributed by atoms with Crippen LogP contribution in [0, 0.1) is 0 Å². The third-order valence-corrected chi connectivity index (χ3v) is 3.77. The number of nitrogens with two attached hydrogens (primary N) is 1. The highest BCUT2D eigenvalue weighted by Crippen LogP contribution is 2.17. The number of pyridine rings is 1. The highest BCUT2D eigenvalue weighted by atomic mass is 32.2. The van der Waals surface area contributed by atoms with E-state index >= 15 is 0 Å². The number of fused-ring (bicyclic) bond motifs is 1. The maximum atomic E-state index is 11.3. The van der Waals surface area contributed by atoms with Crippen molar-refractivity contribution in [3.8, 4) is 0 Å². The number of likely N-dealkylation sites (N-methyl/N-ethyl adjacent to an activating group) is 1. The van der Waals surface area contributed by atoms with Gasteiger partial charge in [0.05, 0.1) is 10.4 Å². The maximum absolute atomic E-state index is 11.3. The van der Waals surface area contributed by atoms with Gasteiger partial charge in [0.15, 0.2) is 0 Å². The molecule has 0 aliphatic rings. The van der Waals surface area contributed by atoms with Gasteiger partial charge in [-0.2, -0.15) is 0 Å². The van der Waals surface area contributed by atoms with E-state index in [1.807, 2.05) is 26.2 Å². The van der Waals surface area contributed by atoms with Gasteiger partial charge in [-0.1, -0.05) is 6.07 Å². The number of sulfonamides is 1. The second-order valence-electron chi connectivity index (χ2n) is 4.76. The molecule has 5 nitrogen and oxygen atoms in total. The lowest BCUT2D eigenvalue weighted by atomic mass is 10.2. The van der Waals surface area contributed by atoms with Crippen LogP contribution < -0.4 is 5.14 Å². The summed E-state index contributed by atoms with van der Waals surface area (Å²) < 4.78 is 22.5. The van der Waals surface area contributed by atoms with Gasteiger partial charge in [-0.3, -0.25) is 4.98 Å². The Bertz CT molecular complexity index is 696. The fraction of sp³-hybridized carbons (Fsp3) is 0.308. The highest BCUT2D eigenvalue weighted by molar-refractivity contribution is 7.89. The Morgan fingerprint density at radius 2 is 1.95 bits per heavy atom. The molecule has 0 atom stereocenters. The third-order valence-electron chi connectivity index (χ3n) is 2.86. The molecule has 0 unspecified atom stereocenters. The summed E-state index contributed by atoms with van der Waals surface area (Å²) in [5, 5.41) is 5.88. The van der Waals surface area contributed by atoms with E-state index in [-0.39, 0.29) is 4.90 Å². The predicted molar refractivity (Wildman–Crippen MR) is 75.4 cm³/mol. The van der Waals surface area contributed by atoms with E-state index in [9.17, 15) is 8.42 Å². The summed E-state index contributed by atoms with van der Waals surface area (Å²) in [7, 11) is 0.366. The van der Waals surface area contributed by atoms with Gasteiger partial charge in [-0.05, 0) is 38.4 Å². The molecule has 1 heterocycles. The van der Waals surface area contributed by atoms with Gasteiger partial charge in [0.2, 0.25) is 10.0 Å². The van der Waals surface area contributed by atoms with Gasteiger partial charge >= 0.3 is 0 Å². The van der Waals surface area contributed by atoms with Crippen LogP contribution in [0.1, 0.15) is 5.69 Å². The number of nitrogens with zero attached hydrogens (tertiary/aromatic N) is 2. The van der Waals surface area contributed by atoms with Gasteiger partial charge in [0.25, 0.3) is 0 Å². The molecule has 0 saturated heterocycles. The first-order valence-electron chi connectivity index (χ1n) is 5.93. The van der Waals surface area contributed by atoms with E-state index in [4.69, 9.17) is 5.14 Å². The smallest absolute Gasteiger partial charge is 0.238 e. The van der Waals surface area contributed by atoms with Crippen LogP contribution in [0.4, 0.5) is 0 Å². The molecule has 2 N–H and O–H groups in total. The van der Waals surface area contributed by atoms with Gasteiger partial charge in [0.1, 0.15) is 0 Å². The van der Waals surface area contributed by atoms with Crippen LogP contribution in [0.25, 0.3) is 10.9 Å². The molecule has 0 aliphatic heterocycles. The molecule has 0 amide bonds. The van der Waals surface area contributed by atoms with Crippen molar-refractivity contribution in [3.05, 3.63) is 36.0 Å². The second-order valence-corrected chi connectivity index (χ2v) is 6.32. The zero-order valence-corrected chi connectivity index (χ0v) is 11.8. The maximum Gasteiger partial charge on any atom is 0.238 e. The summed E-state index contributed by atoms with van der Waals surface area (Å²) in [4.78, 5) is 6.72. The molecule has 1 aromatic heterocycles. The van der Waals surface area contributed by atoms with Crippen molar-refractivity contribution < 1.29 is 8.42 Å². The fourth-order valence-corrected chi connectivity index (χ4v) is 2.35. The van der Waals surface area contributed by atoms with E-state index in [2.05, 4.69) is 9.88 Å². The molecule has 6 heteroatoms. The van der Waals surface area contributed by atoms with Crippen molar-refractivity contribution in [3.63, 3.8) is 0 Å². The van der Waals surface area contributed by atoms with Crippen molar-refractivity contribution in [1.29, 1.82) is 0 Å². The largest absolute Gasteiger partial charge is 0.309 e.